The van der Waals surface area contributed by atoms with Gasteiger partial charge in [-0.1, -0.05) is 42.5 Å². The van der Waals surface area contributed by atoms with Gasteiger partial charge >= 0.3 is 0 Å². The summed E-state index contributed by atoms with van der Waals surface area (Å²) < 4.78 is 0. The topological polar surface area (TPSA) is 40.6 Å². The molecule has 1 aliphatic heterocycles. The zero-order valence-electron chi connectivity index (χ0n) is 14.6. The number of rotatable bonds is 3. The molecule has 0 aromatic heterocycles. The van der Waals surface area contributed by atoms with Gasteiger partial charge in [0.15, 0.2) is 0 Å². The Morgan fingerprint density at radius 1 is 1.12 bits per heavy atom. The van der Waals surface area contributed by atoms with Gasteiger partial charge in [0.2, 0.25) is 5.91 Å². The van der Waals surface area contributed by atoms with E-state index in [1.807, 2.05) is 50.2 Å². The predicted molar refractivity (Wildman–Crippen MR) is 101 cm³/mol. The van der Waals surface area contributed by atoms with Crippen LogP contribution in [-0.4, -0.2) is 35.8 Å². The van der Waals surface area contributed by atoms with Gasteiger partial charge in [-0.3, -0.25) is 9.59 Å². The maximum Gasteiger partial charge on any atom is 0.254 e. The molecular formula is C21H22N2O2. The van der Waals surface area contributed by atoms with E-state index in [0.717, 1.165) is 16.8 Å². The van der Waals surface area contributed by atoms with Crippen molar-refractivity contribution in [3.8, 4) is 0 Å². The van der Waals surface area contributed by atoms with Gasteiger partial charge in [0.05, 0.1) is 0 Å². The lowest BCUT2D eigenvalue weighted by Gasteiger charge is -2.39. The highest BCUT2D eigenvalue weighted by atomic mass is 16.2. The van der Waals surface area contributed by atoms with Crippen molar-refractivity contribution in [2.45, 2.75) is 19.9 Å². The summed E-state index contributed by atoms with van der Waals surface area (Å²) in [6.07, 6.45) is 1.74. The van der Waals surface area contributed by atoms with Crippen molar-refractivity contribution in [3.05, 3.63) is 71.8 Å². The molecule has 0 unspecified atom stereocenters. The number of anilines is 1. The highest BCUT2D eigenvalue weighted by molar-refractivity contribution is 6.02. The molecule has 1 aliphatic rings. The molecule has 128 valence electrons. The SMILES string of the molecule is C=Cc1ccc(C(=O)N2CC(=O)N(c3ccc(C)cc3)C[C@H]2C)cc1. The van der Waals surface area contributed by atoms with Gasteiger partial charge in [-0.15, -0.1) is 0 Å². The van der Waals surface area contributed by atoms with Crippen LogP contribution in [-0.2, 0) is 4.79 Å². The van der Waals surface area contributed by atoms with E-state index in [4.69, 9.17) is 0 Å². The Bertz CT molecular complexity index is 794. The minimum atomic E-state index is -0.111. The lowest BCUT2D eigenvalue weighted by Crippen LogP contribution is -2.57. The molecule has 25 heavy (non-hydrogen) atoms. The lowest BCUT2D eigenvalue weighted by atomic mass is 10.1. The third-order valence-corrected chi connectivity index (χ3v) is 4.59. The fourth-order valence-electron chi connectivity index (χ4n) is 3.03. The van der Waals surface area contributed by atoms with Crippen molar-refractivity contribution in [1.29, 1.82) is 0 Å². The summed E-state index contributed by atoms with van der Waals surface area (Å²) in [4.78, 5) is 28.8. The van der Waals surface area contributed by atoms with Gasteiger partial charge in [-0.2, -0.15) is 0 Å². The van der Waals surface area contributed by atoms with Crippen LogP contribution in [0.5, 0.6) is 0 Å². The van der Waals surface area contributed by atoms with Crippen LogP contribution in [0.3, 0.4) is 0 Å². The summed E-state index contributed by atoms with van der Waals surface area (Å²) in [6, 6.07) is 15.1. The van der Waals surface area contributed by atoms with E-state index in [1.54, 1.807) is 28.0 Å². The fraction of sp³-hybridized carbons (Fsp3) is 0.238. The molecule has 1 saturated heterocycles. The van der Waals surface area contributed by atoms with Crippen molar-refractivity contribution < 1.29 is 9.59 Å². The van der Waals surface area contributed by atoms with E-state index >= 15 is 0 Å². The Balaban J connectivity index is 1.77. The molecule has 0 saturated carbocycles. The quantitative estimate of drug-likeness (QED) is 0.862. The second-order valence-corrected chi connectivity index (χ2v) is 6.45. The Morgan fingerprint density at radius 2 is 1.76 bits per heavy atom. The zero-order chi connectivity index (χ0) is 18.0. The number of amides is 2. The monoisotopic (exact) mass is 334 g/mol. The second-order valence-electron chi connectivity index (χ2n) is 6.45. The number of aryl methyl sites for hydroxylation is 1. The number of nitrogens with zero attached hydrogens (tertiary/aromatic N) is 2. The van der Waals surface area contributed by atoms with Crippen LogP contribution in [0.1, 0.15) is 28.4 Å². The second kappa shape index (κ2) is 6.93. The summed E-state index contributed by atoms with van der Waals surface area (Å²) in [5.41, 5.74) is 3.59. The first-order chi connectivity index (χ1) is 12.0. The minimum Gasteiger partial charge on any atom is -0.325 e. The molecule has 1 heterocycles. The number of hydrogen-bond acceptors (Lipinski definition) is 2. The van der Waals surface area contributed by atoms with Gasteiger partial charge in [-0.25, -0.2) is 0 Å². The number of carbonyl (C=O) groups is 2. The Hall–Kier alpha value is -2.88. The Morgan fingerprint density at radius 3 is 2.36 bits per heavy atom. The van der Waals surface area contributed by atoms with Crippen LogP contribution >= 0.6 is 0 Å². The Labute approximate surface area is 148 Å². The summed E-state index contributed by atoms with van der Waals surface area (Å²) >= 11 is 0. The van der Waals surface area contributed by atoms with Crippen molar-refractivity contribution in [2.75, 3.05) is 18.0 Å². The standard InChI is InChI=1S/C21H22N2O2/c1-4-17-7-9-18(10-8-17)21(25)22-14-20(24)23(13-16(22)3)19-11-5-15(2)6-12-19/h4-12,16H,1,13-14H2,2-3H3/t16-/m1/s1. The summed E-state index contributed by atoms with van der Waals surface area (Å²) in [6.45, 7) is 8.30. The molecule has 1 fully saturated rings. The van der Waals surface area contributed by atoms with Crippen LogP contribution < -0.4 is 4.90 Å². The largest absolute Gasteiger partial charge is 0.325 e. The third kappa shape index (κ3) is 3.48. The van der Waals surface area contributed by atoms with Crippen molar-refractivity contribution in [2.24, 2.45) is 0 Å². The van der Waals surface area contributed by atoms with E-state index < -0.39 is 0 Å². The van der Waals surface area contributed by atoms with Crippen molar-refractivity contribution >= 4 is 23.6 Å². The number of benzene rings is 2. The lowest BCUT2D eigenvalue weighted by molar-refractivity contribution is -0.121. The third-order valence-electron chi connectivity index (χ3n) is 4.59. The fourth-order valence-corrected chi connectivity index (χ4v) is 3.03. The number of carbonyl (C=O) groups excluding carboxylic acids is 2. The van der Waals surface area contributed by atoms with Crippen LogP contribution in [0.25, 0.3) is 6.08 Å². The van der Waals surface area contributed by atoms with Gasteiger partial charge in [-0.05, 0) is 43.7 Å². The molecule has 1 atom stereocenters. The first-order valence-electron chi connectivity index (χ1n) is 8.40. The summed E-state index contributed by atoms with van der Waals surface area (Å²) in [7, 11) is 0. The average molecular weight is 334 g/mol. The molecule has 0 N–H and O–H groups in total. The normalized spacial score (nSPS) is 17.5. The molecular weight excluding hydrogens is 312 g/mol. The number of piperazine rings is 1. The molecule has 2 aromatic rings. The predicted octanol–water partition coefficient (Wildman–Crippen LogP) is 3.52. The molecule has 4 heteroatoms. The van der Waals surface area contributed by atoms with Crippen LogP contribution in [0.15, 0.2) is 55.1 Å². The molecule has 0 bridgehead atoms. The van der Waals surface area contributed by atoms with Gasteiger partial charge in [0, 0.05) is 23.8 Å². The van der Waals surface area contributed by atoms with Crippen LogP contribution in [0.4, 0.5) is 5.69 Å². The first kappa shape index (κ1) is 17.0. The molecule has 0 radical (unpaired) electrons. The van der Waals surface area contributed by atoms with Crippen LogP contribution in [0.2, 0.25) is 0 Å². The highest BCUT2D eigenvalue weighted by Crippen LogP contribution is 2.22. The molecule has 2 aromatic carbocycles. The smallest absolute Gasteiger partial charge is 0.254 e. The highest BCUT2D eigenvalue weighted by Gasteiger charge is 2.33. The van der Waals surface area contributed by atoms with Gasteiger partial charge < -0.3 is 9.80 Å². The maximum absolute atomic E-state index is 12.8. The number of hydrogen-bond donors (Lipinski definition) is 0. The van der Waals surface area contributed by atoms with E-state index in [0.29, 0.717) is 12.1 Å². The summed E-state index contributed by atoms with van der Waals surface area (Å²) in [5.74, 6) is -0.168. The van der Waals surface area contributed by atoms with Crippen LogP contribution in [0, 0.1) is 6.92 Å². The first-order valence-corrected chi connectivity index (χ1v) is 8.40. The van der Waals surface area contributed by atoms with E-state index in [1.165, 1.54) is 0 Å². The maximum atomic E-state index is 12.8. The van der Waals surface area contributed by atoms with Gasteiger partial charge in [0.25, 0.3) is 5.91 Å². The Kier molecular flexibility index (Phi) is 4.70. The molecule has 4 nitrogen and oxygen atoms in total. The van der Waals surface area contributed by atoms with E-state index in [9.17, 15) is 9.59 Å². The molecule has 3 rings (SSSR count). The molecule has 2 amide bonds. The molecule has 0 aliphatic carbocycles. The minimum absolute atomic E-state index is 0.0504. The van der Waals surface area contributed by atoms with Gasteiger partial charge in [0.1, 0.15) is 6.54 Å². The van der Waals surface area contributed by atoms with Crippen molar-refractivity contribution in [3.63, 3.8) is 0 Å². The zero-order valence-corrected chi connectivity index (χ0v) is 14.6. The molecule has 0 spiro atoms. The summed E-state index contributed by atoms with van der Waals surface area (Å²) in [5, 5.41) is 0. The average Bonchev–Trinajstić information content (AvgIpc) is 2.63. The van der Waals surface area contributed by atoms with E-state index in [-0.39, 0.29) is 24.4 Å². The van der Waals surface area contributed by atoms with E-state index in [2.05, 4.69) is 6.58 Å². The van der Waals surface area contributed by atoms with Crippen molar-refractivity contribution in [1.82, 2.24) is 4.90 Å².